The van der Waals surface area contributed by atoms with Gasteiger partial charge in [-0.05, 0) is 42.3 Å². The highest BCUT2D eigenvalue weighted by Crippen LogP contribution is 2.34. The second-order valence-corrected chi connectivity index (χ2v) is 9.92. The molecule has 1 atom stereocenters. The molecule has 0 saturated carbocycles. The van der Waals surface area contributed by atoms with Crippen molar-refractivity contribution in [2.75, 3.05) is 0 Å². The van der Waals surface area contributed by atoms with Crippen LogP contribution in [-0.2, 0) is 17.6 Å². The third kappa shape index (κ3) is 5.64. The van der Waals surface area contributed by atoms with Crippen molar-refractivity contribution in [2.45, 2.75) is 25.8 Å². The smallest absolute Gasteiger partial charge is 0.272 e. The minimum absolute atomic E-state index is 0.195. The zero-order valence-corrected chi connectivity index (χ0v) is 22.4. The maximum atomic E-state index is 13.5. The van der Waals surface area contributed by atoms with Crippen LogP contribution in [0.25, 0.3) is 16.9 Å². The first-order valence-corrected chi connectivity index (χ1v) is 12.8. The normalized spacial score (nSPS) is 11.8. The van der Waals surface area contributed by atoms with Gasteiger partial charge in [0, 0.05) is 27.0 Å². The summed E-state index contributed by atoms with van der Waals surface area (Å²) in [4.78, 5) is 25.7. The number of hydrogen-bond donors (Lipinski definition) is 2. The van der Waals surface area contributed by atoms with E-state index in [0.29, 0.717) is 27.7 Å². The highest BCUT2D eigenvalue weighted by atomic mass is 79.9. The Morgan fingerprint density at radius 1 is 1.06 bits per heavy atom. The molecule has 0 bridgehead atoms. The molecular weight excluding hydrogens is 563 g/mol. The topological polar surface area (TPSA) is 90.0 Å². The lowest BCUT2D eigenvalue weighted by atomic mass is 10.0. The lowest BCUT2D eigenvalue weighted by molar-refractivity contribution is -0.119. The van der Waals surface area contributed by atoms with Crippen LogP contribution in [0, 0.1) is 0 Å². The highest BCUT2D eigenvalue weighted by Gasteiger charge is 2.27. The third-order valence-corrected chi connectivity index (χ3v) is 6.81. The van der Waals surface area contributed by atoms with Crippen molar-refractivity contribution in [2.24, 2.45) is 5.73 Å². The van der Waals surface area contributed by atoms with Gasteiger partial charge in [-0.1, -0.05) is 88.5 Å². The summed E-state index contributed by atoms with van der Waals surface area (Å²) in [6.07, 6.45) is 0.784. The summed E-state index contributed by atoms with van der Waals surface area (Å²) < 4.78 is 2.56. The number of carbonyl (C=O) groups is 2. The number of nitrogens with one attached hydrogen (secondary N) is 1. The van der Waals surface area contributed by atoms with Crippen LogP contribution in [0.15, 0.2) is 77.3 Å². The molecule has 0 radical (unpaired) electrons. The number of primary amides is 1. The van der Waals surface area contributed by atoms with Crippen LogP contribution < -0.4 is 11.1 Å². The summed E-state index contributed by atoms with van der Waals surface area (Å²) in [5.41, 5.74) is 9.56. The molecule has 2 amide bonds. The molecule has 9 heteroatoms. The third-order valence-electron chi connectivity index (χ3n) is 5.74. The first-order valence-electron chi connectivity index (χ1n) is 11.3. The van der Waals surface area contributed by atoms with E-state index < -0.39 is 17.9 Å². The molecule has 36 heavy (non-hydrogen) atoms. The number of nitrogens with two attached hydrogens (primary N) is 1. The number of halogens is 3. The first-order chi connectivity index (χ1) is 17.3. The van der Waals surface area contributed by atoms with Crippen molar-refractivity contribution in [3.63, 3.8) is 0 Å². The Balaban J connectivity index is 1.80. The van der Waals surface area contributed by atoms with Gasteiger partial charge in [0.1, 0.15) is 6.04 Å². The molecule has 184 valence electrons. The van der Waals surface area contributed by atoms with E-state index >= 15 is 0 Å². The average molecular weight is 586 g/mol. The van der Waals surface area contributed by atoms with E-state index in [2.05, 4.69) is 26.3 Å². The van der Waals surface area contributed by atoms with Gasteiger partial charge in [-0.3, -0.25) is 9.59 Å². The van der Waals surface area contributed by atoms with Crippen molar-refractivity contribution in [1.29, 1.82) is 0 Å². The quantitative estimate of drug-likeness (QED) is 0.266. The predicted octanol–water partition coefficient (Wildman–Crippen LogP) is 6.00. The van der Waals surface area contributed by atoms with Crippen LogP contribution >= 0.6 is 39.1 Å². The number of rotatable bonds is 8. The van der Waals surface area contributed by atoms with E-state index in [1.807, 2.05) is 61.5 Å². The number of nitrogens with zero attached hydrogens (tertiary/aromatic N) is 2. The Morgan fingerprint density at radius 3 is 2.36 bits per heavy atom. The standard InChI is InChI=1S/C27H23BrCl2N4O2/c1-2-20-24(27(36)32-22(26(31)35)14-16-6-4-3-5-7-16)33-34(23-13-12-19(29)15-21(23)30)25(20)17-8-10-18(28)11-9-17/h3-13,15,22H,2,14H2,1H3,(H2,31,35)(H,32,36)/t22-/m0/s1. The largest absolute Gasteiger partial charge is 0.368 e. The fourth-order valence-corrected chi connectivity index (χ4v) is 4.75. The van der Waals surface area contributed by atoms with E-state index in [4.69, 9.17) is 28.9 Å². The van der Waals surface area contributed by atoms with Gasteiger partial charge >= 0.3 is 0 Å². The first kappa shape index (κ1) is 25.9. The fourth-order valence-electron chi connectivity index (χ4n) is 4.00. The van der Waals surface area contributed by atoms with Gasteiger partial charge in [-0.15, -0.1) is 0 Å². The molecule has 0 spiro atoms. The summed E-state index contributed by atoms with van der Waals surface area (Å²) in [5.74, 6) is -1.12. The van der Waals surface area contributed by atoms with Gasteiger partial charge in [-0.2, -0.15) is 5.10 Å². The summed E-state index contributed by atoms with van der Waals surface area (Å²) in [6.45, 7) is 1.94. The number of aromatic nitrogens is 2. The number of hydrogen-bond acceptors (Lipinski definition) is 3. The second kappa shape index (κ2) is 11.3. The molecular formula is C27H23BrCl2N4O2. The SMILES string of the molecule is CCc1c(C(=O)N[C@@H](Cc2ccccc2)C(N)=O)nn(-c2ccc(Cl)cc2Cl)c1-c1ccc(Br)cc1. The van der Waals surface area contributed by atoms with Gasteiger partial charge in [0.05, 0.1) is 16.4 Å². The monoisotopic (exact) mass is 584 g/mol. The predicted molar refractivity (Wildman–Crippen MR) is 147 cm³/mol. The molecule has 0 aliphatic carbocycles. The van der Waals surface area contributed by atoms with Gasteiger partial charge in [0.15, 0.2) is 5.69 Å². The van der Waals surface area contributed by atoms with E-state index in [9.17, 15) is 9.59 Å². The molecule has 1 heterocycles. The van der Waals surface area contributed by atoms with Crippen LogP contribution in [0.2, 0.25) is 10.0 Å². The molecule has 0 fully saturated rings. The van der Waals surface area contributed by atoms with Gasteiger partial charge in [0.25, 0.3) is 5.91 Å². The van der Waals surface area contributed by atoms with Crippen molar-refractivity contribution >= 4 is 50.9 Å². The zero-order valence-electron chi connectivity index (χ0n) is 19.3. The molecule has 0 aliphatic heterocycles. The molecule has 3 N–H and O–H groups in total. The van der Waals surface area contributed by atoms with Crippen molar-refractivity contribution in [1.82, 2.24) is 15.1 Å². The van der Waals surface area contributed by atoms with E-state index in [1.165, 1.54) is 0 Å². The molecule has 6 nitrogen and oxygen atoms in total. The summed E-state index contributed by atoms with van der Waals surface area (Å²) in [5, 5.41) is 8.33. The van der Waals surface area contributed by atoms with E-state index in [1.54, 1.807) is 22.9 Å². The van der Waals surface area contributed by atoms with Gasteiger partial charge in [-0.25, -0.2) is 4.68 Å². The second-order valence-electron chi connectivity index (χ2n) is 8.16. The van der Waals surface area contributed by atoms with Crippen LogP contribution in [0.3, 0.4) is 0 Å². The van der Waals surface area contributed by atoms with Crippen LogP contribution in [0.5, 0.6) is 0 Å². The average Bonchev–Trinajstić information content (AvgIpc) is 3.24. The van der Waals surface area contributed by atoms with Crippen molar-refractivity contribution < 1.29 is 9.59 Å². The minimum Gasteiger partial charge on any atom is -0.368 e. The molecule has 1 aromatic heterocycles. The Kier molecular flexibility index (Phi) is 8.14. The number of carbonyl (C=O) groups excluding carboxylic acids is 2. The molecule has 4 rings (SSSR count). The molecule has 3 aromatic carbocycles. The van der Waals surface area contributed by atoms with Crippen LogP contribution in [0.1, 0.15) is 28.5 Å². The Labute approximate surface area is 227 Å². The van der Waals surface area contributed by atoms with Crippen molar-refractivity contribution in [3.05, 3.63) is 104 Å². The van der Waals surface area contributed by atoms with Gasteiger partial charge < -0.3 is 11.1 Å². The lowest BCUT2D eigenvalue weighted by Gasteiger charge is -2.15. The number of benzene rings is 3. The summed E-state index contributed by atoms with van der Waals surface area (Å²) >= 11 is 16.1. The van der Waals surface area contributed by atoms with E-state index in [0.717, 1.165) is 21.3 Å². The molecule has 0 saturated heterocycles. The Morgan fingerprint density at radius 2 is 1.75 bits per heavy atom. The van der Waals surface area contributed by atoms with Crippen LogP contribution in [-0.4, -0.2) is 27.6 Å². The van der Waals surface area contributed by atoms with Crippen molar-refractivity contribution in [3.8, 4) is 16.9 Å². The maximum absolute atomic E-state index is 13.5. The summed E-state index contributed by atoms with van der Waals surface area (Å²) in [7, 11) is 0. The zero-order chi connectivity index (χ0) is 25.8. The van der Waals surface area contributed by atoms with E-state index in [-0.39, 0.29) is 12.1 Å². The Bertz CT molecular complexity index is 1410. The molecule has 0 unspecified atom stereocenters. The maximum Gasteiger partial charge on any atom is 0.272 e. The highest BCUT2D eigenvalue weighted by molar-refractivity contribution is 9.10. The lowest BCUT2D eigenvalue weighted by Crippen LogP contribution is -2.46. The number of amides is 2. The molecule has 4 aromatic rings. The summed E-state index contributed by atoms with van der Waals surface area (Å²) in [6, 6.07) is 21.3. The fraction of sp³-hybridized carbons (Fsp3) is 0.148. The molecule has 0 aliphatic rings. The van der Waals surface area contributed by atoms with Gasteiger partial charge in [0.2, 0.25) is 5.91 Å². The Hall–Kier alpha value is -3.13. The minimum atomic E-state index is -0.898. The van der Waals surface area contributed by atoms with Crippen LogP contribution in [0.4, 0.5) is 0 Å².